The Balaban J connectivity index is 1.82. The lowest BCUT2D eigenvalue weighted by Crippen LogP contribution is -2.41. The fourth-order valence-corrected chi connectivity index (χ4v) is 3.15. The number of pyridine rings is 1. The van der Waals surface area contributed by atoms with Gasteiger partial charge in [0.05, 0.1) is 18.1 Å². The van der Waals surface area contributed by atoms with E-state index in [9.17, 15) is 9.59 Å². The van der Waals surface area contributed by atoms with E-state index < -0.39 is 5.97 Å². The van der Waals surface area contributed by atoms with Gasteiger partial charge in [0, 0.05) is 24.3 Å². The van der Waals surface area contributed by atoms with Crippen LogP contribution in [0.3, 0.4) is 0 Å². The quantitative estimate of drug-likeness (QED) is 0.910. The first-order valence-corrected chi connectivity index (χ1v) is 8.16. The highest BCUT2D eigenvalue weighted by molar-refractivity contribution is 5.95. The highest BCUT2D eigenvalue weighted by atomic mass is 16.4. The maximum absolute atomic E-state index is 13.0. The van der Waals surface area contributed by atoms with Crippen molar-refractivity contribution in [3.63, 3.8) is 0 Å². The minimum absolute atomic E-state index is 0.0643. The van der Waals surface area contributed by atoms with Crippen molar-refractivity contribution in [2.24, 2.45) is 0 Å². The number of furan rings is 1. The molecule has 0 bridgehead atoms. The number of rotatable bonds is 5. The summed E-state index contributed by atoms with van der Waals surface area (Å²) >= 11 is 0. The molecule has 1 aliphatic carbocycles. The number of carbonyl (C=O) groups excluding carboxylic acids is 1. The molecule has 1 fully saturated rings. The molecule has 1 N–H and O–H groups in total. The SMILES string of the molecule is O=C(O)c1ccc(C(=O)N(Cc2ccoc2)C2CCCCC2)cn1. The Morgan fingerprint density at radius 2 is 2.00 bits per heavy atom. The third kappa shape index (κ3) is 3.64. The summed E-state index contributed by atoms with van der Waals surface area (Å²) in [4.78, 5) is 29.6. The lowest BCUT2D eigenvalue weighted by Gasteiger charge is -2.34. The lowest BCUT2D eigenvalue weighted by molar-refractivity contribution is 0.0610. The summed E-state index contributed by atoms with van der Waals surface area (Å²) in [6.07, 6.45) is 10.0. The normalized spacial score (nSPS) is 15.2. The molecule has 1 saturated carbocycles. The highest BCUT2D eigenvalue weighted by Gasteiger charge is 2.27. The van der Waals surface area contributed by atoms with Crippen LogP contribution in [-0.2, 0) is 6.54 Å². The Morgan fingerprint density at radius 3 is 2.58 bits per heavy atom. The molecule has 0 radical (unpaired) electrons. The molecule has 0 spiro atoms. The van der Waals surface area contributed by atoms with Crippen LogP contribution in [0.5, 0.6) is 0 Å². The summed E-state index contributed by atoms with van der Waals surface area (Å²) in [5.41, 5.74) is 1.30. The van der Waals surface area contributed by atoms with Gasteiger partial charge in [-0.15, -0.1) is 0 Å². The van der Waals surface area contributed by atoms with Crippen LogP contribution in [-0.4, -0.2) is 32.9 Å². The van der Waals surface area contributed by atoms with Crippen molar-refractivity contribution in [3.05, 3.63) is 53.7 Å². The van der Waals surface area contributed by atoms with E-state index in [1.165, 1.54) is 24.8 Å². The second-order valence-corrected chi connectivity index (χ2v) is 6.09. The smallest absolute Gasteiger partial charge is 0.354 e. The largest absolute Gasteiger partial charge is 0.477 e. The van der Waals surface area contributed by atoms with Crippen LogP contribution in [0.15, 0.2) is 41.3 Å². The zero-order valence-corrected chi connectivity index (χ0v) is 13.4. The minimum Gasteiger partial charge on any atom is -0.477 e. The molecular formula is C18H20N2O4. The monoisotopic (exact) mass is 328 g/mol. The van der Waals surface area contributed by atoms with Crippen molar-refractivity contribution in [1.82, 2.24) is 9.88 Å². The number of carboxylic acid groups (broad SMARTS) is 1. The Labute approximate surface area is 140 Å². The van der Waals surface area contributed by atoms with Gasteiger partial charge in [0.1, 0.15) is 5.69 Å². The molecule has 2 aromatic rings. The molecule has 2 heterocycles. The predicted octanol–water partition coefficient (Wildman–Crippen LogP) is 3.35. The van der Waals surface area contributed by atoms with E-state index in [2.05, 4.69) is 4.98 Å². The van der Waals surface area contributed by atoms with E-state index in [0.717, 1.165) is 31.2 Å². The van der Waals surface area contributed by atoms with Crippen LogP contribution < -0.4 is 0 Å². The molecule has 0 aliphatic heterocycles. The maximum atomic E-state index is 13.0. The molecule has 24 heavy (non-hydrogen) atoms. The van der Waals surface area contributed by atoms with Gasteiger partial charge in [-0.3, -0.25) is 4.79 Å². The zero-order chi connectivity index (χ0) is 16.9. The fraction of sp³-hybridized carbons (Fsp3) is 0.389. The van der Waals surface area contributed by atoms with Gasteiger partial charge in [0.25, 0.3) is 5.91 Å². The molecule has 0 aromatic carbocycles. The van der Waals surface area contributed by atoms with Crippen molar-refractivity contribution < 1.29 is 19.1 Å². The minimum atomic E-state index is -1.10. The summed E-state index contributed by atoms with van der Waals surface area (Å²) in [5, 5.41) is 8.93. The van der Waals surface area contributed by atoms with Crippen molar-refractivity contribution in [1.29, 1.82) is 0 Å². The highest BCUT2D eigenvalue weighted by Crippen LogP contribution is 2.25. The molecule has 3 rings (SSSR count). The van der Waals surface area contributed by atoms with E-state index in [1.54, 1.807) is 12.5 Å². The number of aromatic nitrogens is 1. The van der Waals surface area contributed by atoms with E-state index >= 15 is 0 Å². The molecule has 6 nitrogen and oxygen atoms in total. The number of amides is 1. The number of hydrogen-bond acceptors (Lipinski definition) is 4. The molecule has 2 aromatic heterocycles. The van der Waals surface area contributed by atoms with E-state index in [1.807, 2.05) is 11.0 Å². The van der Waals surface area contributed by atoms with Gasteiger partial charge in [-0.05, 0) is 31.0 Å². The van der Waals surface area contributed by atoms with E-state index in [-0.39, 0.29) is 17.6 Å². The third-order valence-corrected chi connectivity index (χ3v) is 4.44. The molecule has 1 amide bonds. The van der Waals surface area contributed by atoms with Crippen LogP contribution in [0, 0.1) is 0 Å². The van der Waals surface area contributed by atoms with Crippen molar-refractivity contribution in [2.45, 2.75) is 44.7 Å². The summed E-state index contributed by atoms with van der Waals surface area (Å²) in [6, 6.07) is 4.95. The molecule has 0 atom stereocenters. The lowest BCUT2D eigenvalue weighted by atomic mass is 9.93. The second-order valence-electron chi connectivity index (χ2n) is 6.09. The fourth-order valence-electron chi connectivity index (χ4n) is 3.15. The summed E-state index contributed by atoms with van der Waals surface area (Å²) in [6.45, 7) is 0.487. The van der Waals surface area contributed by atoms with Gasteiger partial charge >= 0.3 is 5.97 Å². The number of carbonyl (C=O) groups is 2. The van der Waals surface area contributed by atoms with Gasteiger partial charge in [-0.25, -0.2) is 9.78 Å². The first kappa shape index (κ1) is 16.2. The maximum Gasteiger partial charge on any atom is 0.354 e. The molecular weight excluding hydrogens is 308 g/mol. The average molecular weight is 328 g/mol. The van der Waals surface area contributed by atoms with E-state index in [4.69, 9.17) is 9.52 Å². The molecule has 126 valence electrons. The average Bonchev–Trinajstić information content (AvgIpc) is 3.13. The van der Waals surface area contributed by atoms with Gasteiger partial charge in [-0.2, -0.15) is 0 Å². The predicted molar refractivity (Wildman–Crippen MR) is 86.7 cm³/mol. The first-order chi connectivity index (χ1) is 11.6. The van der Waals surface area contributed by atoms with Gasteiger partial charge in [0.2, 0.25) is 0 Å². The van der Waals surface area contributed by atoms with Crippen LogP contribution in [0.2, 0.25) is 0 Å². The van der Waals surface area contributed by atoms with Crippen LogP contribution in [0.4, 0.5) is 0 Å². The molecule has 1 aliphatic rings. The summed E-state index contributed by atoms with van der Waals surface area (Å²) in [5.74, 6) is -1.22. The summed E-state index contributed by atoms with van der Waals surface area (Å²) < 4.78 is 5.11. The standard InChI is InChI=1S/C18H20N2O4/c21-17(14-6-7-16(18(22)23)19-10-14)20(11-13-8-9-24-12-13)15-4-2-1-3-5-15/h6-10,12,15H,1-5,11H2,(H,22,23). The number of aromatic carboxylic acids is 1. The van der Waals surface area contributed by atoms with Crippen molar-refractivity contribution >= 4 is 11.9 Å². The van der Waals surface area contributed by atoms with Crippen LogP contribution in [0.1, 0.15) is 58.5 Å². The van der Waals surface area contributed by atoms with Crippen LogP contribution >= 0.6 is 0 Å². The topological polar surface area (TPSA) is 83.6 Å². The Hall–Kier alpha value is -2.63. The molecule has 0 saturated heterocycles. The van der Waals surface area contributed by atoms with Gasteiger partial charge in [0.15, 0.2) is 0 Å². The Kier molecular flexibility index (Phi) is 4.93. The molecule has 0 unspecified atom stereocenters. The number of nitrogens with zero attached hydrogens (tertiary/aromatic N) is 2. The van der Waals surface area contributed by atoms with Crippen LogP contribution in [0.25, 0.3) is 0 Å². The van der Waals surface area contributed by atoms with Gasteiger partial charge in [-0.1, -0.05) is 19.3 Å². The third-order valence-electron chi connectivity index (χ3n) is 4.44. The number of hydrogen-bond donors (Lipinski definition) is 1. The Bertz CT molecular complexity index is 688. The number of carboxylic acids is 1. The second kappa shape index (κ2) is 7.29. The molecule has 6 heteroatoms. The van der Waals surface area contributed by atoms with Crippen molar-refractivity contribution in [2.75, 3.05) is 0 Å². The Morgan fingerprint density at radius 1 is 1.21 bits per heavy atom. The van der Waals surface area contributed by atoms with Crippen molar-refractivity contribution in [3.8, 4) is 0 Å². The van der Waals surface area contributed by atoms with Gasteiger partial charge < -0.3 is 14.4 Å². The first-order valence-electron chi connectivity index (χ1n) is 8.16. The summed E-state index contributed by atoms with van der Waals surface area (Å²) in [7, 11) is 0. The van der Waals surface area contributed by atoms with E-state index in [0.29, 0.717) is 12.1 Å². The zero-order valence-electron chi connectivity index (χ0n) is 13.4.